The zero-order valence-corrected chi connectivity index (χ0v) is 21.0. The number of amides is 3. The molecule has 3 amide bonds. The minimum absolute atomic E-state index is 0.0567. The molecule has 0 aliphatic rings. The average Bonchev–Trinajstić information content (AvgIpc) is 2.86. The van der Waals surface area contributed by atoms with E-state index in [0.717, 1.165) is 5.56 Å². The van der Waals surface area contributed by atoms with E-state index in [1.807, 2.05) is 39.0 Å². The molecule has 3 rings (SSSR count). The predicted molar refractivity (Wildman–Crippen MR) is 140 cm³/mol. The van der Waals surface area contributed by atoms with E-state index in [4.69, 9.17) is 4.74 Å². The second kappa shape index (κ2) is 12.5. The van der Waals surface area contributed by atoms with Gasteiger partial charge in [-0.2, -0.15) is 0 Å². The lowest BCUT2D eigenvalue weighted by Crippen LogP contribution is -2.46. The highest BCUT2D eigenvalue weighted by Gasteiger charge is 2.33. The van der Waals surface area contributed by atoms with Crippen LogP contribution in [0.25, 0.3) is 0 Å². The summed E-state index contributed by atoms with van der Waals surface area (Å²) in [4.78, 5) is 45.2. The quantitative estimate of drug-likeness (QED) is 0.440. The number of nitrogens with zero attached hydrogens (tertiary/aromatic N) is 2. The Hall–Kier alpha value is -4.20. The van der Waals surface area contributed by atoms with Gasteiger partial charge in [-0.3, -0.25) is 19.3 Å². The Bertz CT molecular complexity index is 1180. The zero-order valence-electron chi connectivity index (χ0n) is 21.0. The van der Waals surface area contributed by atoms with Gasteiger partial charge in [0.25, 0.3) is 0 Å². The number of aryl methyl sites for hydroxylation is 1. The smallest absolute Gasteiger partial charge is 0.248 e. The summed E-state index contributed by atoms with van der Waals surface area (Å²) in [5, 5.41) is 5.63. The molecule has 0 bridgehead atoms. The van der Waals surface area contributed by atoms with E-state index >= 15 is 0 Å². The molecule has 0 aliphatic heterocycles. The Kier molecular flexibility index (Phi) is 9.16. The standard InChI is InChI=1S/C28H32N4O4/c1-19(2)30-28(35)27(21-11-13-23(36-4)14-12-21)32(22-9-7-8-20(3)18-22)26(34)16-15-25(33)31-24-10-5-6-17-29-24/h5-14,17-19,27H,15-16H2,1-4H3,(H,30,35)(H,29,31,33)/t27-/m0/s1. The Morgan fingerprint density at radius 1 is 0.972 bits per heavy atom. The maximum atomic E-state index is 13.7. The van der Waals surface area contributed by atoms with Crippen LogP contribution in [0.15, 0.2) is 72.9 Å². The molecule has 1 aromatic heterocycles. The van der Waals surface area contributed by atoms with E-state index in [2.05, 4.69) is 15.6 Å². The molecule has 2 aromatic carbocycles. The van der Waals surface area contributed by atoms with Crippen molar-refractivity contribution in [1.82, 2.24) is 10.3 Å². The van der Waals surface area contributed by atoms with E-state index in [1.54, 1.807) is 61.8 Å². The topological polar surface area (TPSA) is 101 Å². The fraction of sp³-hybridized carbons (Fsp3) is 0.286. The first-order chi connectivity index (χ1) is 17.3. The van der Waals surface area contributed by atoms with Gasteiger partial charge in [0.1, 0.15) is 17.6 Å². The maximum absolute atomic E-state index is 13.7. The number of pyridine rings is 1. The van der Waals surface area contributed by atoms with Crippen LogP contribution in [0.1, 0.15) is 43.9 Å². The van der Waals surface area contributed by atoms with Crippen LogP contribution in [0.4, 0.5) is 11.5 Å². The summed E-state index contributed by atoms with van der Waals surface area (Å²) in [6.07, 6.45) is 1.43. The van der Waals surface area contributed by atoms with Crippen molar-refractivity contribution in [2.45, 2.75) is 45.7 Å². The highest BCUT2D eigenvalue weighted by Crippen LogP contribution is 2.31. The largest absolute Gasteiger partial charge is 0.497 e. The number of hydrogen-bond acceptors (Lipinski definition) is 5. The molecule has 2 N–H and O–H groups in total. The van der Waals surface area contributed by atoms with Gasteiger partial charge in [0, 0.05) is 30.8 Å². The first-order valence-corrected chi connectivity index (χ1v) is 11.8. The van der Waals surface area contributed by atoms with Crippen LogP contribution in [0.3, 0.4) is 0 Å². The van der Waals surface area contributed by atoms with Crippen LogP contribution in [0, 0.1) is 6.92 Å². The van der Waals surface area contributed by atoms with E-state index < -0.39 is 6.04 Å². The van der Waals surface area contributed by atoms with Crippen LogP contribution >= 0.6 is 0 Å². The number of rotatable bonds is 10. The summed E-state index contributed by atoms with van der Waals surface area (Å²) in [6.45, 7) is 5.65. The third-order valence-corrected chi connectivity index (χ3v) is 5.42. The molecule has 36 heavy (non-hydrogen) atoms. The fourth-order valence-corrected chi connectivity index (χ4v) is 3.77. The normalized spacial score (nSPS) is 11.5. The SMILES string of the molecule is COc1ccc([C@@H](C(=O)NC(C)C)N(C(=O)CCC(=O)Nc2ccccn2)c2cccc(C)c2)cc1. The Balaban J connectivity index is 1.94. The zero-order chi connectivity index (χ0) is 26.1. The summed E-state index contributed by atoms with van der Waals surface area (Å²) in [5.41, 5.74) is 2.14. The lowest BCUT2D eigenvalue weighted by atomic mass is 10.0. The minimum atomic E-state index is -0.938. The Morgan fingerprint density at radius 2 is 1.72 bits per heavy atom. The number of nitrogens with one attached hydrogen (secondary N) is 2. The second-order valence-electron chi connectivity index (χ2n) is 8.70. The number of hydrogen-bond donors (Lipinski definition) is 2. The lowest BCUT2D eigenvalue weighted by molar-refractivity contribution is -0.127. The number of aromatic nitrogens is 1. The third kappa shape index (κ3) is 7.15. The molecule has 0 unspecified atom stereocenters. The van der Waals surface area contributed by atoms with Crippen molar-refractivity contribution < 1.29 is 19.1 Å². The molecule has 3 aromatic rings. The van der Waals surface area contributed by atoms with Gasteiger partial charge in [0.05, 0.1) is 7.11 Å². The minimum Gasteiger partial charge on any atom is -0.497 e. The monoisotopic (exact) mass is 488 g/mol. The van der Waals surface area contributed by atoms with Gasteiger partial charge in [-0.15, -0.1) is 0 Å². The molecule has 0 radical (unpaired) electrons. The molecule has 1 heterocycles. The van der Waals surface area contributed by atoms with Crippen LogP contribution in [-0.2, 0) is 14.4 Å². The summed E-state index contributed by atoms with van der Waals surface area (Å²) in [7, 11) is 1.57. The van der Waals surface area contributed by atoms with Crippen molar-refractivity contribution in [3.63, 3.8) is 0 Å². The molecular formula is C28H32N4O4. The molecule has 8 nitrogen and oxygen atoms in total. The molecule has 188 valence electrons. The van der Waals surface area contributed by atoms with Crippen molar-refractivity contribution in [3.05, 3.63) is 84.1 Å². The molecule has 1 atom stereocenters. The van der Waals surface area contributed by atoms with Crippen molar-refractivity contribution in [3.8, 4) is 5.75 Å². The van der Waals surface area contributed by atoms with E-state index in [0.29, 0.717) is 22.8 Å². The highest BCUT2D eigenvalue weighted by molar-refractivity contribution is 6.03. The fourth-order valence-electron chi connectivity index (χ4n) is 3.77. The number of ether oxygens (including phenoxy) is 1. The number of methoxy groups -OCH3 is 1. The van der Waals surface area contributed by atoms with Crippen LogP contribution in [0.5, 0.6) is 5.75 Å². The van der Waals surface area contributed by atoms with Crippen molar-refractivity contribution in [2.75, 3.05) is 17.3 Å². The number of anilines is 2. The first-order valence-electron chi connectivity index (χ1n) is 11.8. The molecule has 0 fully saturated rings. The highest BCUT2D eigenvalue weighted by atomic mass is 16.5. The Morgan fingerprint density at radius 3 is 2.33 bits per heavy atom. The van der Waals surface area contributed by atoms with Crippen molar-refractivity contribution in [1.29, 1.82) is 0 Å². The van der Waals surface area contributed by atoms with E-state index in [-0.39, 0.29) is 36.6 Å². The number of benzene rings is 2. The lowest BCUT2D eigenvalue weighted by Gasteiger charge is -2.32. The van der Waals surface area contributed by atoms with Gasteiger partial charge in [-0.25, -0.2) is 4.98 Å². The van der Waals surface area contributed by atoms with Gasteiger partial charge in [-0.1, -0.05) is 30.3 Å². The molecular weight excluding hydrogens is 456 g/mol. The molecule has 0 aliphatic carbocycles. The third-order valence-electron chi connectivity index (χ3n) is 5.42. The van der Waals surface area contributed by atoms with Crippen LogP contribution in [0.2, 0.25) is 0 Å². The summed E-state index contributed by atoms with van der Waals surface area (Å²) in [6, 6.07) is 18.6. The molecule has 0 saturated carbocycles. The first kappa shape index (κ1) is 26.4. The van der Waals surface area contributed by atoms with E-state index in [9.17, 15) is 14.4 Å². The maximum Gasteiger partial charge on any atom is 0.248 e. The second-order valence-corrected chi connectivity index (χ2v) is 8.70. The van der Waals surface area contributed by atoms with Crippen molar-refractivity contribution in [2.24, 2.45) is 0 Å². The van der Waals surface area contributed by atoms with Gasteiger partial charge >= 0.3 is 0 Å². The van der Waals surface area contributed by atoms with E-state index in [1.165, 1.54) is 4.90 Å². The predicted octanol–water partition coefficient (Wildman–Crippen LogP) is 4.42. The van der Waals surface area contributed by atoms with Gasteiger partial charge < -0.3 is 15.4 Å². The number of carbonyl (C=O) groups is 3. The average molecular weight is 489 g/mol. The van der Waals surface area contributed by atoms with Gasteiger partial charge in [0.2, 0.25) is 17.7 Å². The Labute approximate surface area is 211 Å². The molecule has 0 saturated heterocycles. The van der Waals surface area contributed by atoms with Crippen LogP contribution in [-0.4, -0.2) is 35.9 Å². The summed E-state index contributed by atoms with van der Waals surface area (Å²) in [5.74, 6) is 0.0534. The van der Waals surface area contributed by atoms with Crippen LogP contribution < -0.4 is 20.3 Å². The molecule has 0 spiro atoms. The number of carbonyl (C=O) groups excluding carboxylic acids is 3. The van der Waals surface area contributed by atoms with Gasteiger partial charge in [0.15, 0.2) is 0 Å². The van der Waals surface area contributed by atoms with Gasteiger partial charge in [-0.05, 0) is 68.3 Å². The summed E-state index contributed by atoms with van der Waals surface area (Å²) < 4.78 is 5.27. The molecule has 8 heteroatoms. The summed E-state index contributed by atoms with van der Waals surface area (Å²) >= 11 is 0. The van der Waals surface area contributed by atoms with Crippen molar-refractivity contribution >= 4 is 29.2 Å².